The molecule has 0 bridgehead atoms. The maximum atomic E-state index is 12.3. The maximum Gasteiger partial charge on any atom is 0.251 e. The van der Waals surface area contributed by atoms with Crippen LogP contribution in [0.1, 0.15) is 30.6 Å². The highest BCUT2D eigenvalue weighted by Gasteiger charge is 2.09. The molecule has 0 saturated heterocycles. The maximum absolute atomic E-state index is 12.3. The number of hydrogen-bond donors (Lipinski definition) is 1. The summed E-state index contributed by atoms with van der Waals surface area (Å²) >= 11 is 0. The number of aromatic nitrogens is 3. The number of nitrogens with one attached hydrogen (secondary N) is 1. The zero-order chi connectivity index (χ0) is 16.2. The van der Waals surface area contributed by atoms with Gasteiger partial charge in [0.2, 0.25) is 0 Å². The fraction of sp³-hybridized carbons (Fsp3) is 0.278. The molecule has 1 aromatic carbocycles. The van der Waals surface area contributed by atoms with Crippen LogP contribution in [0.2, 0.25) is 0 Å². The summed E-state index contributed by atoms with van der Waals surface area (Å²) in [6, 6.07) is 11.3. The molecule has 0 atom stereocenters. The van der Waals surface area contributed by atoms with Crippen molar-refractivity contribution in [2.45, 2.75) is 20.3 Å². The Morgan fingerprint density at radius 1 is 1.22 bits per heavy atom. The van der Waals surface area contributed by atoms with Crippen molar-refractivity contribution < 1.29 is 4.79 Å². The third-order valence-corrected chi connectivity index (χ3v) is 3.70. The zero-order valence-electron chi connectivity index (χ0n) is 13.4. The van der Waals surface area contributed by atoms with Gasteiger partial charge in [-0.15, -0.1) is 0 Å². The smallest absolute Gasteiger partial charge is 0.251 e. The van der Waals surface area contributed by atoms with E-state index in [1.165, 1.54) is 0 Å². The van der Waals surface area contributed by atoms with Crippen LogP contribution >= 0.6 is 0 Å². The molecule has 2 heterocycles. The van der Waals surface area contributed by atoms with Gasteiger partial charge in [-0.1, -0.05) is 19.9 Å². The van der Waals surface area contributed by atoms with Crippen LogP contribution in [0, 0.1) is 5.92 Å². The van der Waals surface area contributed by atoms with Crippen molar-refractivity contribution in [3.8, 4) is 5.69 Å². The number of imidazole rings is 1. The molecule has 3 aromatic rings. The van der Waals surface area contributed by atoms with Crippen LogP contribution < -0.4 is 5.32 Å². The van der Waals surface area contributed by atoms with Gasteiger partial charge in [-0.25, -0.2) is 9.97 Å². The molecule has 0 aliphatic rings. The van der Waals surface area contributed by atoms with Crippen LogP contribution in [0.25, 0.3) is 16.9 Å². The van der Waals surface area contributed by atoms with Gasteiger partial charge in [0.1, 0.15) is 11.8 Å². The first kappa shape index (κ1) is 15.2. The molecule has 1 amide bonds. The Hall–Kier alpha value is -2.69. The van der Waals surface area contributed by atoms with Crippen molar-refractivity contribution in [1.29, 1.82) is 0 Å². The SMILES string of the molecule is CC(C)CCNC(=O)c1cccc(-n2cnc3cccnc32)c1. The topological polar surface area (TPSA) is 59.8 Å². The molecule has 0 saturated carbocycles. The third kappa shape index (κ3) is 3.39. The van der Waals surface area contributed by atoms with Gasteiger partial charge < -0.3 is 5.32 Å². The predicted octanol–water partition coefficient (Wildman–Crippen LogP) is 3.20. The van der Waals surface area contributed by atoms with Crippen molar-refractivity contribution >= 4 is 17.1 Å². The Bertz CT molecular complexity index is 823. The predicted molar refractivity (Wildman–Crippen MR) is 90.7 cm³/mol. The Balaban J connectivity index is 1.84. The fourth-order valence-corrected chi connectivity index (χ4v) is 2.41. The zero-order valence-corrected chi connectivity index (χ0v) is 13.4. The molecule has 5 heteroatoms. The van der Waals surface area contributed by atoms with Gasteiger partial charge in [0.15, 0.2) is 5.65 Å². The van der Waals surface area contributed by atoms with E-state index in [9.17, 15) is 4.79 Å². The lowest BCUT2D eigenvalue weighted by molar-refractivity contribution is 0.0952. The highest BCUT2D eigenvalue weighted by molar-refractivity contribution is 5.94. The molecule has 0 fully saturated rings. The molecule has 0 aliphatic heterocycles. The van der Waals surface area contributed by atoms with E-state index in [0.717, 1.165) is 23.3 Å². The van der Waals surface area contributed by atoms with E-state index in [1.54, 1.807) is 12.5 Å². The average molecular weight is 308 g/mol. The molecule has 0 radical (unpaired) electrons. The number of benzene rings is 1. The van der Waals surface area contributed by atoms with Gasteiger partial charge >= 0.3 is 0 Å². The summed E-state index contributed by atoms with van der Waals surface area (Å²) in [5.74, 6) is 0.523. The lowest BCUT2D eigenvalue weighted by atomic mass is 10.1. The number of hydrogen-bond acceptors (Lipinski definition) is 3. The highest BCUT2D eigenvalue weighted by Crippen LogP contribution is 2.17. The van der Waals surface area contributed by atoms with Crippen LogP contribution in [0.5, 0.6) is 0 Å². The second kappa shape index (κ2) is 6.60. The van der Waals surface area contributed by atoms with Crippen molar-refractivity contribution in [3.05, 3.63) is 54.5 Å². The van der Waals surface area contributed by atoms with Crippen LogP contribution in [-0.2, 0) is 0 Å². The first-order valence-electron chi connectivity index (χ1n) is 7.82. The number of carbonyl (C=O) groups is 1. The van der Waals surface area contributed by atoms with Gasteiger partial charge in [-0.2, -0.15) is 0 Å². The van der Waals surface area contributed by atoms with Gasteiger partial charge in [0, 0.05) is 24.0 Å². The van der Waals surface area contributed by atoms with E-state index in [-0.39, 0.29) is 5.91 Å². The Labute approximate surface area is 135 Å². The summed E-state index contributed by atoms with van der Waals surface area (Å²) in [4.78, 5) is 21.0. The molecular weight excluding hydrogens is 288 g/mol. The number of fused-ring (bicyclic) bond motifs is 1. The van der Waals surface area contributed by atoms with Crippen molar-refractivity contribution in [1.82, 2.24) is 19.9 Å². The first-order valence-corrected chi connectivity index (χ1v) is 7.82. The van der Waals surface area contributed by atoms with E-state index < -0.39 is 0 Å². The lowest BCUT2D eigenvalue weighted by Crippen LogP contribution is -2.25. The number of amides is 1. The van der Waals surface area contributed by atoms with Crippen LogP contribution in [0.3, 0.4) is 0 Å². The van der Waals surface area contributed by atoms with Crippen molar-refractivity contribution in [2.75, 3.05) is 6.54 Å². The molecule has 118 valence electrons. The summed E-state index contributed by atoms with van der Waals surface area (Å²) < 4.78 is 1.89. The van der Waals surface area contributed by atoms with Crippen LogP contribution in [0.4, 0.5) is 0 Å². The summed E-state index contributed by atoms with van der Waals surface area (Å²) in [5.41, 5.74) is 3.14. The molecule has 0 aliphatic carbocycles. The molecule has 0 unspecified atom stereocenters. The molecule has 23 heavy (non-hydrogen) atoms. The molecule has 1 N–H and O–H groups in total. The number of pyridine rings is 1. The van der Waals surface area contributed by atoms with E-state index in [0.29, 0.717) is 18.0 Å². The van der Waals surface area contributed by atoms with Gasteiger partial charge in [0.25, 0.3) is 5.91 Å². The van der Waals surface area contributed by atoms with Gasteiger partial charge in [0.05, 0.1) is 0 Å². The fourth-order valence-electron chi connectivity index (χ4n) is 2.41. The lowest BCUT2D eigenvalue weighted by Gasteiger charge is -2.09. The summed E-state index contributed by atoms with van der Waals surface area (Å²) in [6.07, 6.45) is 4.44. The van der Waals surface area contributed by atoms with Gasteiger partial charge in [-0.05, 0) is 42.7 Å². The minimum atomic E-state index is -0.0510. The van der Waals surface area contributed by atoms with Crippen LogP contribution in [-0.4, -0.2) is 27.0 Å². The Morgan fingerprint density at radius 2 is 2.09 bits per heavy atom. The van der Waals surface area contributed by atoms with E-state index in [4.69, 9.17) is 0 Å². The van der Waals surface area contributed by atoms with E-state index in [1.807, 2.05) is 41.0 Å². The highest BCUT2D eigenvalue weighted by atomic mass is 16.1. The standard InChI is InChI=1S/C18H20N4O/c1-13(2)8-10-20-18(23)14-5-3-6-15(11-14)22-12-21-16-7-4-9-19-17(16)22/h3-7,9,11-13H,8,10H2,1-2H3,(H,20,23). The molecule has 5 nitrogen and oxygen atoms in total. The molecular formula is C18H20N4O. The van der Waals surface area contributed by atoms with Crippen molar-refractivity contribution in [3.63, 3.8) is 0 Å². The quantitative estimate of drug-likeness (QED) is 0.787. The minimum absolute atomic E-state index is 0.0510. The first-order chi connectivity index (χ1) is 11.1. The number of carbonyl (C=O) groups excluding carboxylic acids is 1. The molecule has 0 spiro atoms. The largest absolute Gasteiger partial charge is 0.352 e. The monoisotopic (exact) mass is 308 g/mol. The minimum Gasteiger partial charge on any atom is -0.352 e. The summed E-state index contributed by atoms with van der Waals surface area (Å²) in [6.45, 7) is 4.98. The van der Waals surface area contributed by atoms with E-state index in [2.05, 4.69) is 29.1 Å². The average Bonchev–Trinajstić information content (AvgIpc) is 2.98. The van der Waals surface area contributed by atoms with Gasteiger partial charge in [-0.3, -0.25) is 9.36 Å². The second-order valence-corrected chi connectivity index (χ2v) is 5.95. The Morgan fingerprint density at radius 3 is 2.91 bits per heavy atom. The molecule has 2 aromatic heterocycles. The van der Waals surface area contributed by atoms with Crippen molar-refractivity contribution in [2.24, 2.45) is 5.92 Å². The number of nitrogens with zero attached hydrogens (tertiary/aromatic N) is 3. The normalized spacial score (nSPS) is 11.1. The summed E-state index contributed by atoms with van der Waals surface area (Å²) in [5, 5.41) is 2.96. The Kier molecular flexibility index (Phi) is 4.37. The van der Waals surface area contributed by atoms with E-state index >= 15 is 0 Å². The number of rotatable bonds is 5. The molecule has 3 rings (SSSR count). The summed E-state index contributed by atoms with van der Waals surface area (Å²) in [7, 11) is 0. The van der Waals surface area contributed by atoms with Crippen LogP contribution in [0.15, 0.2) is 48.9 Å². The third-order valence-electron chi connectivity index (χ3n) is 3.70. The second-order valence-electron chi connectivity index (χ2n) is 5.95.